The number of rotatable bonds is 3. The molecule has 2 aromatic carbocycles. The van der Waals surface area contributed by atoms with Crippen LogP contribution in [0.25, 0.3) is 5.57 Å². The summed E-state index contributed by atoms with van der Waals surface area (Å²) in [6.07, 6.45) is 0. The Morgan fingerprint density at radius 3 is 2.29 bits per heavy atom. The number of methoxy groups -OCH3 is 1. The third-order valence-corrected chi connectivity index (χ3v) is 4.26. The van der Waals surface area contributed by atoms with Crippen molar-refractivity contribution in [3.8, 4) is 5.75 Å². The molecule has 1 aliphatic rings. The molecule has 122 valence electrons. The summed E-state index contributed by atoms with van der Waals surface area (Å²) in [5, 5.41) is 10.6. The number of carbonyl (C=O) groups is 2. The average Bonchev–Trinajstić information content (AvgIpc) is 2.80. The number of hydrogen-bond donors (Lipinski definition) is 1. The molecule has 0 fully saturated rings. The standard InChI is InChI=1S/C18H14ClNO4/c1-10-3-6-12(9-14(10)19)20-17(22)15(16(21)18(20)23)11-4-7-13(24-2)8-5-11/h3-9,21H,1-2H3. The number of anilines is 1. The van der Waals surface area contributed by atoms with E-state index in [4.69, 9.17) is 16.3 Å². The molecule has 1 heterocycles. The van der Waals surface area contributed by atoms with Crippen LogP contribution >= 0.6 is 11.6 Å². The van der Waals surface area contributed by atoms with Crippen molar-refractivity contribution in [1.29, 1.82) is 0 Å². The Kier molecular flexibility index (Phi) is 4.03. The maximum Gasteiger partial charge on any atom is 0.301 e. The fourth-order valence-electron chi connectivity index (χ4n) is 2.49. The van der Waals surface area contributed by atoms with Crippen LogP contribution in [0.15, 0.2) is 48.2 Å². The molecule has 2 amide bonds. The van der Waals surface area contributed by atoms with Crippen molar-refractivity contribution < 1.29 is 19.4 Å². The van der Waals surface area contributed by atoms with Crippen LogP contribution < -0.4 is 9.64 Å². The van der Waals surface area contributed by atoms with E-state index in [0.717, 1.165) is 10.5 Å². The van der Waals surface area contributed by atoms with E-state index in [0.29, 0.717) is 22.0 Å². The van der Waals surface area contributed by atoms with Crippen molar-refractivity contribution in [2.45, 2.75) is 6.92 Å². The molecule has 1 N–H and O–H groups in total. The number of amides is 2. The first-order valence-corrected chi connectivity index (χ1v) is 7.54. The summed E-state index contributed by atoms with van der Waals surface area (Å²) in [5.74, 6) is -1.34. The average molecular weight is 344 g/mol. The quantitative estimate of drug-likeness (QED) is 0.866. The summed E-state index contributed by atoms with van der Waals surface area (Å²) < 4.78 is 5.07. The topological polar surface area (TPSA) is 66.8 Å². The number of aryl methyl sites for hydroxylation is 1. The van der Waals surface area contributed by atoms with Crippen LogP contribution in [0.3, 0.4) is 0 Å². The van der Waals surface area contributed by atoms with Crippen molar-refractivity contribution in [3.05, 3.63) is 64.4 Å². The zero-order chi connectivity index (χ0) is 17.4. The van der Waals surface area contributed by atoms with Gasteiger partial charge >= 0.3 is 5.91 Å². The summed E-state index contributed by atoms with van der Waals surface area (Å²) in [6.45, 7) is 1.82. The van der Waals surface area contributed by atoms with Crippen LogP contribution in [0.4, 0.5) is 5.69 Å². The van der Waals surface area contributed by atoms with E-state index in [-0.39, 0.29) is 5.57 Å². The molecule has 0 unspecified atom stereocenters. The van der Waals surface area contributed by atoms with Crippen molar-refractivity contribution >= 4 is 34.7 Å². The maximum absolute atomic E-state index is 12.7. The Bertz CT molecular complexity index is 871. The zero-order valence-electron chi connectivity index (χ0n) is 13.0. The molecule has 5 nitrogen and oxygen atoms in total. The highest BCUT2D eigenvalue weighted by atomic mass is 35.5. The highest BCUT2D eigenvalue weighted by molar-refractivity contribution is 6.45. The Morgan fingerprint density at radius 2 is 1.71 bits per heavy atom. The lowest BCUT2D eigenvalue weighted by Crippen LogP contribution is -2.31. The second kappa shape index (κ2) is 6.02. The lowest BCUT2D eigenvalue weighted by Gasteiger charge is -2.15. The minimum absolute atomic E-state index is 0.0423. The largest absolute Gasteiger partial charge is 0.502 e. The van der Waals surface area contributed by atoms with Crippen LogP contribution in [0.1, 0.15) is 11.1 Å². The van der Waals surface area contributed by atoms with Gasteiger partial charge in [0, 0.05) is 5.02 Å². The molecule has 2 aromatic rings. The van der Waals surface area contributed by atoms with E-state index in [1.807, 2.05) is 6.92 Å². The van der Waals surface area contributed by atoms with E-state index in [1.165, 1.54) is 13.2 Å². The predicted octanol–water partition coefficient (Wildman–Crippen LogP) is 3.50. The van der Waals surface area contributed by atoms with Gasteiger partial charge in [-0.2, -0.15) is 0 Å². The van der Waals surface area contributed by atoms with Gasteiger partial charge in [-0.15, -0.1) is 0 Å². The molecule has 0 bridgehead atoms. The van der Waals surface area contributed by atoms with Gasteiger partial charge in [0.1, 0.15) is 5.75 Å². The highest BCUT2D eigenvalue weighted by Crippen LogP contribution is 2.34. The fraction of sp³-hybridized carbons (Fsp3) is 0.111. The van der Waals surface area contributed by atoms with E-state index < -0.39 is 17.6 Å². The van der Waals surface area contributed by atoms with E-state index >= 15 is 0 Å². The number of nitrogens with zero attached hydrogens (tertiary/aromatic N) is 1. The first kappa shape index (κ1) is 16.1. The van der Waals surface area contributed by atoms with Crippen LogP contribution in [-0.4, -0.2) is 24.0 Å². The van der Waals surface area contributed by atoms with Gasteiger partial charge in [0.25, 0.3) is 5.91 Å². The molecule has 0 radical (unpaired) electrons. The van der Waals surface area contributed by atoms with Crippen LogP contribution in [-0.2, 0) is 9.59 Å². The molecule has 0 aromatic heterocycles. The number of hydrogen-bond acceptors (Lipinski definition) is 4. The molecule has 0 aliphatic carbocycles. The van der Waals surface area contributed by atoms with Gasteiger partial charge in [-0.25, -0.2) is 4.90 Å². The Balaban J connectivity index is 2.02. The molecule has 0 saturated carbocycles. The van der Waals surface area contributed by atoms with Gasteiger partial charge in [0.15, 0.2) is 5.76 Å². The number of imide groups is 1. The summed E-state index contributed by atoms with van der Waals surface area (Å²) >= 11 is 6.07. The van der Waals surface area contributed by atoms with Gasteiger partial charge in [0.2, 0.25) is 0 Å². The van der Waals surface area contributed by atoms with Gasteiger partial charge in [0.05, 0.1) is 18.4 Å². The Labute approximate surface area is 143 Å². The molecular weight excluding hydrogens is 330 g/mol. The monoisotopic (exact) mass is 343 g/mol. The first-order chi connectivity index (χ1) is 11.4. The molecular formula is C18H14ClNO4. The van der Waals surface area contributed by atoms with Crippen LogP contribution in [0, 0.1) is 6.92 Å². The highest BCUT2D eigenvalue weighted by Gasteiger charge is 2.40. The van der Waals surface area contributed by atoms with Gasteiger partial charge < -0.3 is 9.84 Å². The van der Waals surface area contributed by atoms with Crippen molar-refractivity contribution in [3.63, 3.8) is 0 Å². The zero-order valence-corrected chi connectivity index (χ0v) is 13.8. The number of aliphatic hydroxyl groups is 1. The number of aliphatic hydroxyl groups excluding tert-OH is 1. The second-order valence-electron chi connectivity index (χ2n) is 5.33. The lowest BCUT2D eigenvalue weighted by atomic mass is 10.1. The normalized spacial score (nSPS) is 14.5. The molecule has 24 heavy (non-hydrogen) atoms. The van der Waals surface area contributed by atoms with Crippen molar-refractivity contribution in [2.75, 3.05) is 12.0 Å². The third-order valence-electron chi connectivity index (χ3n) is 3.85. The summed E-state index contributed by atoms with van der Waals surface area (Å²) in [5.41, 5.74) is 1.54. The SMILES string of the molecule is COc1ccc(C2=C(O)C(=O)N(c3ccc(C)c(Cl)c3)C2=O)cc1. The van der Waals surface area contributed by atoms with Crippen molar-refractivity contribution in [1.82, 2.24) is 0 Å². The van der Waals surface area contributed by atoms with Crippen molar-refractivity contribution in [2.24, 2.45) is 0 Å². The van der Waals surface area contributed by atoms with Crippen LogP contribution in [0.2, 0.25) is 5.02 Å². The number of ether oxygens (including phenoxy) is 1. The fourth-order valence-corrected chi connectivity index (χ4v) is 2.67. The summed E-state index contributed by atoms with van der Waals surface area (Å²) in [4.78, 5) is 26.0. The van der Waals surface area contributed by atoms with Crippen LogP contribution in [0.5, 0.6) is 5.75 Å². The first-order valence-electron chi connectivity index (χ1n) is 7.16. The molecule has 0 saturated heterocycles. The molecule has 0 spiro atoms. The smallest absolute Gasteiger partial charge is 0.301 e. The predicted molar refractivity (Wildman–Crippen MR) is 91.2 cm³/mol. The Morgan fingerprint density at radius 1 is 1.04 bits per heavy atom. The molecule has 0 atom stereocenters. The minimum Gasteiger partial charge on any atom is -0.502 e. The number of halogens is 1. The minimum atomic E-state index is -0.772. The molecule has 1 aliphatic heterocycles. The van der Waals surface area contributed by atoms with Gasteiger partial charge in [-0.1, -0.05) is 29.8 Å². The number of carbonyl (C=O) groups excluding carboxylic acids is 2. The molecule has 6 heteroatoms. The van der Waals surface area contributed by atoms with E-state index in [9.17, 15) is 14.7 Å². The summed E-state index contributed by atoms with van der Waals surface area (Å²) in [7, 11) is 1.53. The Hall–Kier alpha value is -2.79. The summed E-state index contributed by atoms with van der Waals surface area (Å²) in [6, 6.07) is 11.4. The molecule has 3 rings (SSSR count). The van der Waals surface area contributed by atoms with E-state index in [2.05, 4.69) is 0 Å². The third kappa shape index (κ3) is 2.53. The number of benzene rings is 2. The lowest BCUT2D eigenvalue weighted by molar-refractivity contribution is -0.121. The van der Waals surface area contributed by atoms with Gasteiger partial charge in [-0.3, -0.25) is 9.59 Å². The maximum atomic E-state index is 12.7. The second-order valence-corrected chi connectivity index (χ2v) is 5.74. The van der Waals surface area contributed by atoms with E-state index in [1.54, 1.807) is 36.4 Å². The van der Waals surface area contributed by atoms with Gasteiger partial charge in [-0.05, 0) is 42.3 Å².